The molecule has 0 aromatic carbocycles. The molecule has 24 heavy (non-hydrogen) atoms. The van der Waals surface area contributed by atoms with E-state index in [0.717, 1.165) is 12.8 Å². The molecule has 3 rings (SSSR count). The highest BCUT2D eigenvalue weighted by Crippen LogP contribution is 2.40. The summed E-state index contributed by atoms with van der Waals surface area (Å²) in [5.74, 6) is 0.375. The summed E-state index contributed by atoms with van der Waals surface area (Å²) in [5.41, 5.74) is 5.07. The average molecular weight is 371 g/mol. The van der Waals surface area contributed by atoms with Crippen molar-refractivity contribution in [3.05, 3.63) is 0 Å². The molecule has 0 aliphatic carbocycles. The van der Waals surface area contributed by atoms with Crippen molar-refractivity contribution in [1.29, 1.82) is 0 Å². The Morgan fingerprint density at radius 1 is 1.38 bits per heavy atom. The largest absolute Gasteiger partial charge is 0.395 e. The van der Waals surface area contributed by atoms with E-state index in [9.17, 15) is 9.59 Å². The number of rotatable bonds is 5. The normalized spacial score (nSPS) is 24.1. The van der Waals surface area contributed by atoms with E-state index < -0.39 is 5.41 Å². The van der Waals surface area contributed by atoms with Crippen LogP contribution < -0.4 is 5.73 Å². The number of carbonyl (C=O) groups is 2. The van der Waals surface area contributed by atoms with Crippen LogP contribution in [0.2, 0.25) is 0 Å². The van der Waals surface area contributed by atoms with Crippen LogP contribution in [0, 0.1) is 5.41 Å². The Morgan fingerprint density at radius 3 is 2.92 bits per heavy atom. The van der Waals surface area contributed by atoms with Gasteiger partial charge in [0.2, 0.25) is 16.9 Å². The van der Waals surface area contributed by atoms with Crippen molar-refractivity contribution in [1.82, 2.24) is 20.0 Å². The number of nitrogens with two attached hydrogens (primary N) is 1. The van der Waals surface area contributed by atoms with Crippen molar-refractivity contribution in [3.8, 4) is 0 Å². The monoisotopic (exact) mass is 371 g/mol. The Kier molecular flexibility index (Phi) is 5.26. The van der Waals surface area contributed by atoms with E-state index in [2.05, 4.69) is 10.2 Å². The minimum Gasteiger partial charge on any atom is -0.395 e. The molecule has 2 saturated heterocycles. The zero-order valence-corrected chi connectivity index (χ0v) is 14.9. The van der Waals surface area contributed by atoms with Gasteiger partial charge in [-0.2, -0.15) is 0 Å². The summed E-state index contributed by atoms with van der Waals surface area (Å²) in [7, 11) is 0. The van der Waals surface area contributed by atoms with Gasteiger partial charge in [-0.1, -0.05) is 23.1 Å². The summed E-state index contributed by atoms with van der Waals surface area (Å²) in [6.45, 7) is 2.14. The van der Waals surface area contributed by atoms with Crippen LogP contribution >= 0.6 is 23.1 Å². The second-order valence-corrected chi connectivity index (χ2v) is 8.39. The summed E-state index contributed by atoms with van der Waals surface area (Å²) in [6, 6.07) is 0. The van der Waals surface area contributed by atoms with Crippen LogP contribution in [-0.4, -0.2) is 75.5 Å². The lowest BCUT2D eigenvalue weighted by atomic mass is 9.78. The van der Waals surface area contributed by atoms with Gasteiger partial charge in [-0.05, 0) is 19.3 Å². The van der Waals surface area contributed by atoms with Gasteiger partial charge >= 0.3 is 0 Å². The molecule has 2 amide bonds. The Hall–Kier alpha value is -1.39. The van der Waals surface area contributed by atoms with Crippen molar-refractivity contribution in [2.75, 3.05) is 44.3 Å². The molecule has 3 heterocycles. The first-order valence-corrected chi connectivity index (χ1v) is 9.74. The molecule has 0 radical (unpaired) electrons. The number of piperidine rings is 1. The molecule has 8 nitrogen and oxygen atoms in total. The average Bonchev–Trinajstić information content (AvgIpc) is 3.17. The third-order valence-corrected chi connectivity index (χ3v) is 6.51. The summed E-state index contributed by atoms with van der Waals surface area (Å²) >= 11 is 2.59. The lowest BCUT2D eigenvalue weighted by Crippen LogP contribution is -2.51. The zero-order chi connectivity index (χ0) is 17.2. The molecule has 2 aliphatic rings. The molecule has 0 bridgehead atoms. The minimum atomic E-state index is -0.457. The molecule has 1 atom stereocenters. The molecular formula is C14H21N5O3S2. The molecule has 1 aromatic heterocycles. The third kappa shape index (κ3) is 3.50. The molecule has 0 saturated carbocycles. The Morgan fingerprint density at radius 2 is 2.21 bits per heavy atom. The predicted molar refractivity (Wildman–Crippen MR) is 91.6 cm³/mol. The number of anilines is 1. The fraction of sp³-hybridized carbons (Fsp3) is 0.714. The van der Waals surface area contributed by atoms with E-state index in [0.29, 0.717) is 42.1 Å². The van der Waals surface area contributed by atoms with Crippen molar-refractivity contribution >= 4 is 40.0 Å². The molecule has 132 valence electrons. The number of amides is 2. The van der Waals surface area contributed by atoms with Gasteiger partial charge in [-0.25, -0.2) is 0 Å². The van der Waals surface area contributed by atoms with Gasteiger partial charge in [0.05, 0.1) is 17.8 Å². The highest BCUT2D eigenvalue weighted by Gasteiger charge is 2.49. The summed E-state index contributed by atoms with van der Waals surface area (Å²) in [4.78, 5) is 28.7. The smallest absolute Gasteiger partial charge is 0.233 e. The predicted octanol–water partition coefficient (Wildman–Crippen LogP) is 0.0458. The maximum Gasteiger partial charge on any atom is 0.233 e. The fourth-order valence-corrected chi connectivity index (χ4v) is 4.98. The first-order chi connectivity index (χ1) is 11.5. The number of carbonyl (C=O) groups excluding carboxylic acids is 2. The van der Waals surface area contributed by atoms with Crippen LogP contribution in [0.4, 0.5) is 5.13 Å². The van der Waals surface area contributed by atoms with Gasteiger partial charge in [-0.15, -0.1) is 10.2 Å². The number of thioether (sulfide) groups is 1. The van der Waals surface area contributed by atoms with Gasteiger partial charge < -0.3 is 20.6 Å². The number of aliphatic hydroxyl groups excluding tert-OH is 1. The van der Waals surface area contributed by atoms with Gasteiger partial charge in [-0.3, -0.25) is 9.59 Å². The van der Waals surface area contributed by atoms with E-state index in [-0.39, 0.29) is 24.2 Å². The second-order valence-electron chi connectivity index (χ2n) is 6.16. The highest BCUT2D eigenvalue weighted by molar-refractivity contribution is 8.01. The second kappa shape index (κ2) is 7.24. The van der Waals surface area contributed by atoms with E-state index in [1.54, 1.807) is 9.80 Å². The molecule has 2 fully saturated rings. The summed E-state index contributed by atoms with van der Waals surface area (Å²) < 4.78 is 0.678. The van der Waals surface area contributed by atoms with E-state index in [1.807, 2.05) is 0 Å². The lowest BCUT2D eigenvalue weighted by Gasteiger charge is -2.39. The zero-order valence-electron chi connectivity index (χ0n) is 13.3. The molecule has 10 heteroatoms. The number of aliphatic hydroxyl groups is 1. The van der Waals surface area contributed by atoms with E-state index in [4.69, 9.17) is 10.8 Å². The molecule has 3 N–H and O–H groups in total. The van der Waals surface area contributed by atoms with Crippen LogP contribution in [-0.2, 0) is 9.59 Å². The maximum absolute atomic E-state index is 12.7. The first kappa shape index (κ1) is 17.4. The molecule has 1 spiro atoms. The first-order valence-electron chi connectivity index (χ1n) is 7.94. The number of aromatic nitrogens is 2. The number of nitrogens with zero attached hydrogens (tertiary/aromatic N) is 4. The molecule has 1 aromatic rings. The van der Waals surface area contributed by atoms with Crippen molar-refractivity contribution in [3.63, 3.8) is 0 Å². The molecule has 2 aliphatic heterocycles. The number of hydrogen-bond acceptors (Lipinski definition) is 8. The number of hydrogen-bond donors (Lipinski definition) is 2. The third-order valence-electron chi connectivity index (χ3n) is 4.64. The van der Waals surface area contributed by atoms with Gasteiger partial charge in [0.1, 0.15) is 0 Å². The van der Waals surface area contributed by atoms with Crippen LogP contribution in [0.25, 0.3) is 0 Å². The van der Waals surface area contributed by atoms with Gasteiger partial charge in [0, 0.05) is 26.2 Å². The number of likely N-dealkylation sites (tertiary alicyclic amines) is 2. The quantitative estimate of drug-likeness (QED) is 0.703. The van der Waals surface area contributed by atoms with Crippen LogP contribution in [0.5, 0.6) is 0 Å². The van der Waals surface area contributed by atoms with Crippen molar-refractivity contribution in [2.45, 2.75) is 23.6 Å². The topological polar surface area (TPSA) is 113 Å². The number of β-amino-alcohol motifs (C(OH)–C–C–N with tert-alkyl or cyclic N) is 1. The maximum atomic E-state index is 12.7. The Bertz CT molecular complexity index is 623. The molecule has 1 unspecified atom stereocenters. The van der Waals surface area contributed by atoms with Crippen LogP contribution in [0.15, 0.2) is 4.34 Å². The highest BCUT2D eigenvalue weighted by atomic mass is 32.2. The summed E-state index contributed by atoms with van der Waals surface area (Å²) in [6.07, 6.45) is 2.44. The van der Waals surface area contributed by atoms with Crippen molar-refractivity contribution in [2.24, 2.45) is 5.41 Å². The van der Waals surface area contributed by atoms with E-state index in [1.165, 1.54) is 23.1 Å². The van der Waals surface area contributed by atoms with Crippen LogP contribution in [0.3, 0.4) is 0 Å². The Labute approximate surface area is 148 Å². The molecular weight excluding hydrogens is 350 g/mol. The fourth-order valence-electron chi connectivity index (χ4n) is 3.44. The SMILES string of the molecule is Nc1nnc(SCC(=O)N2CCC3(CCCN(CCO)C3=O)C2)s1. The van der Waals surface area contributed by atoms with E-state index >= 15 is 0 Å². The van der Waals surface area contributed by atoms with Crippen LogP contribution in [0.1, 0.15) is 19.3 Å². The standard InChI is InChI=1S/C14H21N5O3S2/c15-12-16-17-13(24-12)23-8-10(21)19-5-3-14(9-19)2-1-4-18(6-7-20)11(14)22/h20H,1-9H2,(H2,15,16). The lowest BCUT2D eigenvalue weighted by molar-refractivity contribution is -0.146. The Balaban J connectivity index is 1.57. The van der Waals surface area contributed by atoms with Crippen molar-refractivity contribution < 1.29 is 14.7 Å². The van der Waals surface area contributed by atoms with Gasteiger partial charge in [0.15, 0.2) is 4.34 Å². The van der Waals surface area contributed by atoms with Gasteiger partial charge in [0.25, 0.3) is 0 Å². The summed E-state index contributed by atoms with van der Waals surface area (Å²) in [5, 5.41) is 17.1. The number of nitrogen functional groups attached to an aromatic ring is 1. The minimum absolute atomic E-state index is 0.0118.